The minimum atomic E-state index is -1.39. The van der Waals surface area contributed by atoms with Crippen molar-refractivity contribution in [2.24, 2.45) is 28.1 Å². The van der Waals surface area contributed by atoms with Crippen molar-refractivity contribution >= 4 is 65.9 Å². The number of hydrogen-bond acceptors (Lipinski definition) is 14. The molecule has 0 spiro atoms. The number of H-pyrrole nitrogens is 2. The van der Waals surface area contributed by atoms with Crippen molar-refractivity contribution in [2.75, 3.05) is 18.8 Å². The van der Waals surface area contributed by atoms with Gasteiger partial charge in [-0.25, -0.2) is 14.8 Å². The Hall–Kier alpha value is -7.22. The monoisotopic (exact) mass is 995 g/mol. The topological polar surface area (TPSA) is 400 Å². The quantitative estimate of drug-likeness (QED) is 0.0159. The summed E-state index contributed by atoms with van der Waals surface area (Å²) in [7, 11) is 0. The number of imidazole rings is 2. The summed E-state index contributed by atoms with van der Waals surface area (Å²) in [5.74, 6) is -7.10. The number of aromatic amines is 2. The van der Waals surface area contributed by atoms with Crippen LogP contribution in [0.4, 0.5) is 0 Å². The molecule has 382 valence electrons. The summed E-state index contributed by atoms with van der Waals surface area (Å²) < 4.78 is 0. The fourth-order valence-corrected chi connectivity index (χ4v) is 7.67. The van der Waals surface area contributed by atoms with E-state index in [1.807, 2.05) is 0 Å². The first-order valence-electron chi connectivity index (χ1n) is 22.8. The number of hydrogen-bond donors (Lipinski definition) is 14. The van der Waals surface area contributed by atoms with Crippen LogP contribution in [0.5, 0.6) is 5.75 Å². The van der Waals surface area contributed by atoms with Gasteiger partial charge in [-0.3, -0.25) is 38.6 Å². The van der Waals surface area contributed by atoms with Gasteiger partial charge in [0.25, 0.3) is 0 Å². The Bertz CT molecular complexity index is 2260. The van der Waals surface area contributed by atoms with Gasteiger partial charge < -0.3 is 74.2 Å². The first-order chi connectivity index (χ1) is 33.3. The van der Waals surface area contributed by atoms with E-state index < -0.39 is 102 Å². The first kappa shape index (κ1) is 55.4. The molecule has 9 atom stereocenters. The van der Waals surface area contributed by atoms with E-state index >= 15 is 0 Å². The lowest BCUT2D eigenvalue weighted by Crippen LogP contribution is -2.61. The molecule has 1 aliphatic heterocycles. The number of rotatable bonds is 27. The number of thiol groups is 1. The van der Waals surface area contributed by atoms with E-state index in [4.69, 9.17) is 17.2 Å². The van der Waals surface area contributed by atoms with Gasteiger partial charge in [0, 0.05) is 61.9 Å². The lowest BCUT2D eigenvalue weighted by atomic mass is 9.96. The molecule has 16 N–H and O–H groups in total. The average molecular weight is 996 g/mol. The standard InChI is InChI=1S/C44H65N15O10S/c1-4-23(2)35(58-36(61)24(3)53-39(64)31(16-26-18-48-21-51-26)55-37(62)29(45)20-70)41(66)56-32(15-25-9-11-28(60)12-10-25)42(67)59-14-6-8-34(59)40(65)54-30(7-5-13-50-44(46)47)38(63)57-33(43(68)69)17-27-19-49-22-52-27/h9-12,18-19,21-24,29-35,60,70H,4-8,13-17,20,45H2,1-3H3,(H,48,51)(H,49,52)(H,53,64)(H,54,65)(H,55,62)(H,56,66)(H,57,63)(H,58,61)(H,68,69)(H4,46,47,50)/t23-,24-,29-,30-,31-,32-,33-,34-,35-/m0/s1. The van der Waals surface area contributed by atoms with E-state index in [0.717, 1.165) is 0 Å². The molecule has 0 unspecified atom stereocenters. The van der Waals surface area contributed by atoms with Crippen LogP contribution in [0.3, 0.4) is 0 Å². The molecule has 7 amide bonds. The molecular formula is C44H65N15O10S. The largest absolute Gasteiger partial charge is 0.508 e. The summed E-state index contributed by atoms with van der Waals surface area (Å²) in [6, 6.07) is -3.83. The van der Waals surface area contributed by atoms with Crippen molar-refractivity contribution in [3.63, 3.8) is 0 Å². The van der Waals surface area contributed by atoms with Crippen LogP contribution in [0, 0.1) is 5.92 Å². The maximum absolute atomic E-state index is 14.7. The van der Waals surface area contributed by atoms with E-state index in [1.54, 1.807) is 26.0 Å². The second-order valence-electron chi connectivity index (χ2n) is 17.0. The van der Waals surface area contributed by atoms with Crippen molar-refractivity contribution < 1.29 is 48.6 Å². The molecule has 70 heavy (non-hydrogen) atoms. The lowest BCUT2D eigenvalue weighted by molar-refractivity contribution is -0.143. The summed E-state index contributed by atoms with van der Waals surface area (Å²) in [5, 5.41) is 35.7. The Kier molecular flexibility index (Phi) is 21.4. The Balaban J connectivity index is 1.54. The number of phenols is 1. The van der Waals surface area contributed by atoms with Crippen LogP contribution in [-0.4, -0.2) is 156 Å². The third-order valence-electron chi connectivity index (χ3n) is 11.7. The molecular weight excluding hydrogens is 931 g/mol. The fraction of sp³-hybridized carbons (Fsp3) is 0.523. The number of amides is 7. The number of aromatic nitrogens is 4. The molecule has 25 nitrogen and oxygen atoms in total. The minimum absolute atomic E-state index is 0.00816. The molecule has 2 aromatic heterocycles. The summed E-state index contributed by atoms with van der Waals surface area (Å²) in [6.07, 6.45) is 6.54. The number of carboxylic acid groups (broad SMARTS) is 1. The van der Waals surface area contributed by atoms with Gasteiger partial charge in [-0.1, -0.05) is 32.4 Å². The normalized spacial score (nSPS) is 16.7. The minimum Gasteiger partial charge on any atom is -0.508 e. The Labute approximate surface area is 409 Å². The molecule has 1 aromatic carbocycles. The van der Waals surface area contributed by atoms with Crippen LogP contribution in [0.2, 0.25) is 0 Å². The molecule has 0 radical (unpaired) electrons. The van der Waals surface area contributed by atoms with Crippen LogP contribution in [0.15, 0.2) is 54.3 Å². The second kappa shape index (κ2) is 27.1. The van der Waals surface area contributed by atoms with Crippen LogP contribution >= 0.6 is 12.6 Å². The van der Waals surface area contributed by atoms with Crippen LogP contribution < -0.4 is 49.1 Å². The van der Waals surface area contributed by atoms with Crippen LogP contribution in [-0.2, 0) is 57.6 Å². The molecule has 4 rings (SSSR count). The molecule has 0 saturated carbocycles. The Morgan fingerprint density at radius 3 is 1.97 bits per heavy atom. The van der Waals surface area contributed by atoms with Gasteiger partial charge in [0.2, 0.25) is 41.4 Å². The smallest absolute Gasteiger partial charge is 0.326 e. The summed E-state index contributed by atoms with van der Waals surface area (Å²) in [6.45, 7) is 5.09. The van der Waals surface area contributed by atoms with Gasteiger partial charge in [0.1, 0.15) is 48.0 Å². The molecule has 0 aliphatic carbocycles. The predicted octanol–water partition coefficient (Wildman–Crippen LogP) is -2.77. The number of aromatic hydroxyl groups is 1. The highest BCUT2D eigenvalue weighted by molar-refractivity contribution is 7.80. The van der Waals surface area contributed by atoms with Crippen LogP contribution in [0.1, 0.15) is 69.8 Å². The maximum Gasteiger partial charge on any atom is 0.326 e. The highest BCUT2D eigenvalue weighted by atomic mass is 32.1. The Morgan fingerprint density at radius 2 is 1.40 bits per heavy atom. The number of carbonyl (C=O) groups is 8. The van der Waals surface area contributed by atoms with Crippen molar-refractivity contribution in [3.05, 3.63) is 66.3 Å². The molecule has 3 heterocycles. The second-order valence-corrected chi connectivity index (χ2v) is 17.4. The van der Waals surface area contributed by atoms with E-state index in [1.165, 1.54) is 49.0 Å². The van der Waals surface area contributed by atoms with Crippen molar-refractivity contribution in [3.8, 4) is 5.75 Å². The summed E-state index contributed by atoms with van der Waals surface area (Å²) in [4.78, 5) is 128. The molecule has 0 bridgehead atoms. The molecule has 1 aliphatic rings. The summed E-state index contributed by atoms with van der Waals surface area (Å²) in [5.41, 5.74) is 18.2. The van der Waals surface area contributed by atoms with E-state index in [-0.39, 0.29) is 69.1 Å². The molecule has 3 aromatic rings. The van der Waals surface area contributed by atoms with E-state index in [2.05, 4.69) is 69.5 Å². The predicted molar refractivity (Wildman–Crippen MR) is 257 cm³/mol. The number of nitrogens with two attached hydrogens (primary N) is 3. The van der Waals surface area contributed by atoms with Gasteiger partial charge in [0.15, 0.2) is 5.96 Å². The fourth-order valence-electron chi connectivity index (χ4n) is 7.51. The number of phenolic OH excluding ortho intramolecular Hbond substituents is 1. The van der Waals surface area contributed by atoms with Crippen LogP contribution in [0.25, 0.3) is 0 Å². The highest BCUT2D eigenvalue weighted by Gasteiger charge is 2.41. The number of carboxylic acids is 1. The number of carbonyl (C=O) groups excluding carboxylic acids is 7. The zero-order chi connectivity index (χ0) is 51.5. The van der Waals surface area contributed by atoms with Crippen molar-refractivity contribution in [1.29, 1.82) is 0 Å². The number of guanidine groups is 1. The maximum atomic E-state index is 14.7. The summed E-state index contributed by atoms with van der Waals surface area (Å²) >= 11 is 4.05. The number of aliphatic imine (C=N–C) groups is 1. The van der Waals surface area contributed by atoms with Gasteiger partial charge >= 0.3 is 5.97 Å². The third kappa shape index (κ3) is 16.8. The zero-order valence-electron chi connectivity index (χ0n) is 39.2. The average Bonchev–Trinajstić information content (AvgIpc) is 4.15. The number of nitrogens with one attached hydrogen (secondary N) is 8. The third-order valence-corrected chi connectivity index (χ3v) is 12.1. The van der Waals surface area contributed by atoms with Gasteiger partial charge in [-0.2, -0.15) is 12.6 Å². The van der Waals surface area contributed by atoms with E-state index in [0.29, 0.717) is 29.8 Å². The van der Waals surface area contributed by atoms with Gasteiger partial charge in [-0.15, -0.1) is 0 Å². The molecule has 1 fully saturated rings. The van der Waals surface area contributed by atoms with Gasteiger partial charge in [-0.05, 0) is 56.2 Å². The molecule has 26 heteroatoms. The first-order valence-corrected chi connectivity index (χ1v) is 23.4. The lowest BCUT2D eigenvalue weighted by Gasteiger charge is -2.32. The van der Waals surface area contributed by atoms with E-state index in [9.17, 15) is 48.6 Å². The Morgan fingerprint density at radius 1 is 0.800 bits per heavy atom. The SMILES string of the molecule is CC[C@H](C)[C@H](NC(=O)[C@H](C)NC(=O)[C@H](Cc1cnc[nH]1)NC(=O)[C@@H](N)CS)C(=O)N[C@@H](Cc1ccc(O)cc1)C(=O)N1CCC[C@H]1C(=O)N[C@@H](CCCN=C(N)N)C(=O)N[C@@H](Cc1cnc[nH]1)C(=O)O. The molecule has 1 saturated heterocycles. The number of nitrogens with zero attached hydrogens (tertiary/aromatic N) is 4. The highest BCUT2D eigenvalue weighted by Crippen LogP contribution is 2.22. The number of likely N-dealkylation sites (tertiary alicyclic amines) is 1. The number of aliphatic carboxylic acids is 1. The van der Waals surface area contributed by atoms with Gasteiger partial charge in [0.05, 0.1) is 18.7 Å². The number of benzene rings is 1. The van der Waals surface area contributed by atoms with Crippen molar-refractivity contribution in [2.45, 2.75) is 120 Å². The zero-order valence-corrected chi connectivity index (χ0v) is 40.1. The van der Waals surface area contributed by atoms with Crippen molar-refractivity contribution in [1.82, 2.24) is 56.7 Å².